The van der Waals surface area contributed by atoms with Crippen molar-refractivity contribution in [3.63, 3.8) is 0 Å². The molecule has 0 spiro atoms. The van der Waals surface area contributed by atoms with Crippen molar-refractivity contribution in [1.29, 1.82) is 0 Å². The summed E-state index contributed by atoms with van der Waals surface area (Å²) in [6.07, 6.45) is 3.69. The zero-order valence-electron chi connectivity index (χ0n) is 14.6. The van der Waals surface area contributed by atoms with Crippen LogP contribution < -0.4 is 10.1 Å². The number of carbonyl (C=O) groups excluding carboxylic acids is 1. The zero-order chi connectivity index (χ0) is 19.8. The summed E-state index contributed by atoms with van der Waals surface area (Å²) in [5, 5.41) is 20.6. The minimum atomic E-state index is -1.29. The van der Waals surface area contributed by atoms with Crippen LogP contribution in [0.4, 0.5) is 5.69 Å². The second-order valence-corrected chi connectivity index (χ2v) is 5.62. The van der Waals surface area contributed by atoms with E-state index < -0.39 is 17.8 Å². The van der Waals surface area contributed by atoms with Gasteiger partial charge in [0.25, 0.3) is 0 Å². The predicted molar refractivity (Wildman–Crippen MR) is 100 cm³/mol. The van der Waals surface area contributed by atoms with Crippen LogP contribution in [-0.4, -0.2) is 34.7 Å². The third kappa shape index (κ3) is 5.71. The molecule has 0 saturated carbocycles. The maximum atomic E-state index is 12.1. The van der Waals surface area contributed by atoms with Crippen molar-refractivity contribution in [1.82, 2.24) is 0 Å². The van der Waals surface area contributed by atoms with Gasteiger partial charge in [-0.05, 0) is 36.8 Å². The van der Waals surface area contributed by atoms with Crippen molar-refractivity contribution in [2.24, 2.45) is 0 Å². The lowest BCUT2D eigenvalue weighted by Gasteiger charge is -2.08. The smallest absolute Gasteiger partial charge is 0.335 e. The Kier molecular flexibility index (Phi) is 6.71. The molecule has 2 rings (SSSR count). The van der Waals surface area contributed by atoms with Crippen molar-refractivity contribution in [3.8, 4) is 5.75 Å². The highest BCUT2D eigenvalue weighted by molar-refractivity contribution is 6.04. The first-order chi connectivity index (χ1) is 12.9. The van der Waals surface area contributed by atoms with E-state index in [0.29, 0.717) is 17.9 Å². The van der Waals surface area contributed by atoms with Crippen LogP contribution in [0.25, 0.3) is 6.08 Å². The summed E-state index contributed by atoms with van der Waals surface area (Å²) in [6.45, 7) is 2.54. The standard InChI is InChI=1S/C20H19NO6/c1-2-9-27-17-6-4-3-5-13(17)7-8-18(22)21-16-11-14(19(23)24)10-15(12-16)20(25)26/h3-8,10-12H,2,9H2,1H3,(H,21,22)(H,23,24)(H,25,26)/b8-7+. The topological polar surface area (TPSA) is 113 Å². The van der Waals surface area contributed by atoms with Crippen LogP contribution in [0.2, 0.25) is 0 Å². The van der Waals surface area contributed by atoms with Crippen molar-refractivity contribution in [2.75, 3.05) is 11.9 Å². The maximum Gasteiger partial charge on any atom is 0.335 e. The molecule has 0 aromatic heterocycles. The number of para-hydroxylation sites is 1. The fourth-order valence-corrected chi connectivity index (χ4v) is 2.26. The number of rotatable bonds is 8. The number of aromatic carboxylic acids is 2. The number of carboxylic acid groups (broad SMARTS) is 2. The molecule has 2 aromatic carbocycles. The molecule has 0 aliphatic rings. The van der Waals surface area contributed by atoms with Gasteiger partial charge in [-0.3, -0.25) is 4.79 Å². The van der Waals surface area contributed by atoms with Gasteiger partial charge < -0.3 is 20.3 Å². The highest BCUT2D eigenvalue weighted by Gasteiger charge is 2.12. The molecule has 7 nitrogen and oxygen atoms in total. The first kappa shape index (κ1) is 19.7. The van der Waals surface area contributed by atoms with E-state index in [-0.39, 0.29) is 16.8 Å². The molecule has 140 valence electrons. The third-order valence-electron chi connectivity index (χ3n) is 3.49. The number of ether oxygens (including phenoxy) is 1. The van der Waals surface area contributed by atoms with Gasteiger partial charge in [0.1, 0.15) is 5.75 Å². The Labute approximate surface area is 155 Å². The van der Waals surface area contributed by atoms with Crippen LogP contribution in [0, 0.1) is 0 Å². The Morgan fingerprint density at radius 1 is 1.04 bits per heavy atom. The van der Waals surface area contributed by atoms with Gasteiger partial charge in [-0.15, -0.1) is 0 Å². The van der Waals surface area contributed by atoms with Crippen molar-refractivity contribution < 1.29 is 29.3 Å². The van der Waals surface area contributed by atoms with E-state index in [2.05, 4.69) is 5.32 Å². The molecule has 0 aliphatic heterocycles. The number of amides is 1. The van der Waals surface area contributed by atoms with E-state index in [9.17, 15) is 14.4 Å². The number of benzene rings is 2. The van der Waals surface area contributed by atoms with E-state index >= 15 is 0 Å². The quantitative estimate of drug-likeness (QED) is 0.614. The molecule has 27 heavy (non-hydrogen) atoms. The first-order valence-electron chi connectivity index (χ1n) is 8.23. The molecule has 0 fully saturated rings. The van der Waals surface area contributed by atoms with Crippen molar-refractivity contribution >= 4 is 29.6 Å². The number of nitrogens with one attached hydrogen (secondary N) is 1. The number of hydrogen-bond acceptors (Lipinski definition) is 4. The summed E-state index contributed by atoms with van der Waals surface area (Å²) in [5.41, 5.74) is 0.337. The zero-order valence-corrected chi connectivity index (χ0v) is 14.6. The lowest BCUT2D eigenvalue weighted by atomic mass is 10.1. The maximum absolute atomic E-state index is 12.1. The van der Waals surface area contributed by atoms with E-state index in [1.54, 1.807) is 18.2 Å². The summed E-state index contributed by atoms with van der Waals surface area (Å²) in [6, 6.07) is 10.6. The largest absolute Gasteiger partial charge is 0.493 e. The molecule has 0 aliphatic carbocycles. The summed E-state index contributed by atoms with van der Waals surface area (Å²) < 4.78 is 5.61. The molecule has 0 bridgehead atoms. The number of hydrogen-bond donors (Lipinski definition) is 3. The Morgan fingerprint density at radius 2 is 1.67 bits per heavy atom. The van der Waals surface area contributed by atoms with Crippen LogP contribution in [0.3, 0.4) is 0 Å². The molecule has 0 unspecified atom stereocenters. The molecule has 2 aromatic rings. The Balaban J connectivity index is 2.17. The van der Waals surface area contributed by atoms with Gasteiger partial charge in [0, 0.05) is 17.3 Å². The number of anilines is 1. The Bertz CT molecular complexity index is 856. The molecule has 0 heterocycles. The van der Waals surface area contributed by atoms with Crippen LogP contribution in [0.1, 0.15) is 39.6 Å². The van der Waals surface area contributed by atoms with Crippen LogP contribution >= 0.6 is 0 Å². The van der Waals surface area contributed by atoms with E-state index in [0.717, 1.165) is 12.5 Å². The van der Waals surface area contributed by atoms with Gasteiger partial charge in [-0.25, -0.2) is 9.59 Å². The molecule has 1 amide bonds. The minimum Gasteiger partial charge on any atom is -0.493 e. The molecule has 3 N–H and O–H groups in total. The Hall–Kier alpha value is -3.61. The molecule has 0 atom stereocenters. The van der Waals surface area contributed by atoms with Gasteiger partial charge in [-0.1, -0.05) is 25.1 Å². The van der Waals surface area contributed by atoms with E-state index in [4.69, 9.17) is 14.9 Å². The number of carboxylic acids is 2. The SMILES string of the molecule is CCCOc1ccccc1/C=C/C(=O)Nc1cc(C(=O)O)cc(C(=O)O)c1. The van der Waals surface area contributed by atoms with E-state index in [1.165, 1.54) is 18.2 Å². The molecule has 7 heteroatoms. The van der Waals surface area contributed by atoms with Gasteiger partial charge in [-0.2, -0.15) is 0 Å². The first-order valence-corrected chi connectivity index (χ1v) is 8.23. The van der Waals surface area contributed by atoms with Crippen LogP contribution in [0.15, 0.2) is 48.5 Å². The van der Waals surface area contributed by atoms with Gasteiger partial charge in [0.05, 0.1) is 17.7 Å². The van der Waals surface area contributed by atoms with Gasteiger partial charge in [0.2, 0.25) is 5.91 Å². The fraction of sp³-hybridized carbons (Fsp3) is 0.150. The Morgan fingerprint density at radius 3 is 2.26 bits per heavy atom. The lowest BCUT2D eigenvalue weighted by molar-refractivity contribution is -0.111. The second-order valence-electron chi connectivity index (χ2n) is 5.62. The van der Waals surface area contributed by atoms with Gasteiger partial charge in [0.15, 0.2) is 0 Å². The lowest BCUT2D eigenvalue weighted by Crippen LogP contribution is -2.10. The van der Waals surface area contributed by atoms with Gasteiger partial charge >= 0.3 is 11.9 Å². The average Bonchev–Trinajstić information content (AvgIpc) is 2.65. The highest BCUT2D eigenvalue weighted by Crippen LogP contribution is 2.20. The molecule has 0 radical (unpaired) electrons. The molecule has 0 saturated heterocycles. The predicted octanol–water partition coefficient (Wildman–Crippen LogP) is 3.52. The normalized spacial score (nSPS) is 10.6. The highest BCUT2D eigenvalue weighted by atomic mass is 16.5. The summed E-state index contributed by atoms with van der Waals surface area (Å²) in [5.74, 6) is -2.46. The summed E-state index contributed by atoms with van der Waals surface area (Å²) in [4.78, 5) is 34.4. The summed E-state index contributed by atoms with van der Waals surface area (Å²) in [7, 11) is 0. The molecular weight excluding hydrogens is 350 g/mol. The average molecular weight is 369 g/mol. The monoisotopic (exact) mass is 369 g/mol. The van der Waals surface area contributed by atoms with Crippen molar-refractivity contribution in [2.45, 2.75) is 13.3 Å². The fourth-order valence-electron chi connectivity index (χ4n) is 2.26. The molecular formula is C20H19NO6. The van der Waals surface area contributed by atoms with E-state index in [1.807, 2.05) is 19.1 Å². The third-order valence-corrected chi connectivity index (χ3v) is 3.49. The number of carbonyl (C=O) groups is 3. The van der Waals surface area contributed by atoms with Crippen LogP contribution in [0.5, 0.6) is 5.75 Å². The van der Waals surface area contributed by atoms with Crippen LogP contribution in [-0.2, 0) is 4.79 Å². The second kappa shape index (κ2) is 9.19. The summed E-state index contributed by atoms with van der Waals surface area (Å²) >= 11 is 0. The minimum absolute atomic E-state index is 0.0810. The van der Waals surface area contributed by atoms with Crippen molar-refractivity contribution in [3.05, 3.63) is 65.2 Å².